The summed E-state index contributed by atoms with van der Waals surface area (Å²) >= 11 is 0. The Labute approximate surface area is 145 Å². The van der Waals surface area contributed by atoms with Crippen molar-refractivity contribution >= 4 is 11.9 Å². The molecule has 0 aliphatic carbocycles. The quantitative estimate of drug-likeness (QED) is 0.750. The largest absolute Gasteiger partial charge is 0.458 e. The normalized spacial score (nSPS) is 14.1. The Morgan fingerprint density at radius 3 is 2.25 bits per heavy atom. The number of esters is 1. The van der Waals surface area contributed by atoms with Gasteiger partial charge in [-0.3, -0.25) is 4.79 Å². The van der Waals surface area contributed by atoms with Crippen LogP contribution in [0, 0.1) is 5.92 Å². The molecule has 0 saturated carbocycles. The Hall–Kier alpha value is -1.88. The first-order valence-electron chi connectivity index (χ1n) is 8.41. The maximum Gasteiger partial charge on any atom is 0.329 e. The second-order valence-corrected chi connectivity index (χ2v) is 7.52. The molecule has 1 rings (SSSR count). The molecule has 0 aliphatic heterocycles. The number of carbonyl (C=O) groups excluding carboxylic acids is 2. The molecular formula is C19H30N2O3. The number of rotatable bonds is 7. The molecule has 0 radical (unpaired) electrons. The zero-order valence-electron chi connectivity index (χ0n) is 15.3. The summed E-state index contributed by atoms with van der Waals surface area (Å²) in [5, 5.41) is 2.75. The van der Waals surface area contributed by atoms with Crippen LogP contribution in [0.3, 0.4) is 0 Å². The third-order valence-electron chi connectivity index (χ3n) is 3.35. The van der Waals surface area contributed by atoms with Crippen LogP contribution in [0.2, 0.25) is 0 Å². The standard InChI is InChI=1S/C19H30N2O3/c1-13(2)11-16(18(23)24-19(3,4)5)21-17(22)15(20)12-14-9-7-6-8-10-14/h6-10,13,15-16H,11-12,20H2,1-5H3,(H,21,22)/t15-,16+/m1/s1. The van der Waals surface area contributed by atoms with Gasteiger partial charge >= 0.3 is 5.97 Å². The van der Waals surface area contributed by atoms with Gasteiger partial charge in [0.2, 0.25) is 5.91 Å². The molecule has 0 unspecified atom stereocenters. The van der Waals surface area contributed by atoms with E-state index >= 15 is 0 Å². The molecule has 0 aliphatic rings. The first-order valence-corrected chi connectivity index (χ1v) is 8.41. The van der Waals surface area contributed by atoms with E-state index in [4.69, 9.17) is 10.5 Å². The molecule has 0 aromatic heterocycles. The predicted octanol–water partition coefficient (Wildman–Crippen LogP) is 2.43. The molecule has 5 heteroatoms. The van der Waals surface area contributed by atoms with Crippen LogP contribution in [0.4, 0.5) is 0 Å². The highest BCUT2D eigenvalue weighted by Crippen LogP contribution is 2.13. The molecule has 134 valence electrons. The fraction of sp³-hybridized carbons (Fsp3) is 0.579. The van der Waals surface area contributed by atoms with Crippen molar-refractivity contribution in [3.8, 4) is 0 Å². The van der Waals surface area contributed by atoms with Crippen molar-refractivity contribution in [2.45, 2.75) is 65.1 Å². The lowest BCUT2D eigenvalue weighted by molar-refractivity contribution is -0.159. The average Bonchev–Trinajstić information content (AvgIpc) is 2.45. The first-order chi connectivity index (χ1) is 11.1. The van der Waals surface area contributed by atoms with Gasteiger partial charge in [-0.15, -0.1) is 0 Å². The molecule has 0 spiro atoms. The maximum absolute atomic E-state index is 12.4. The highest BCUT2D eigenvalue weighted by atomic mass is 16.6. The van der Waals surface area contributed by atoms with Crippen molar-refractivity contribution < 1.29 is 14.3 Å². The molecule has 5 nitrogen and oxygen atoms in total. The average molecular weight is 334 g/mol. The monoisotopic (exact) mass is 334 g/mol. The minimum Gasteiger partial charge on any atom is -0.458 e. The lowest BCUT2D eigenvalue weighted by Crippen LogP contribution is -2.51. The van der Waals surface area contributed by atoms with E-state index in [0.29, 0.717) is 12.8 Å². The molecule has 0 bridgehead atoms. The summed E-state index contributed by atoms with van der Waals surface area (Å²) in [7, 11) is 0. The second kappa shape index (κ2) is 8.83. The lowest BCUT2D eigenvalue weighted by atomic mass is 10.0. The Bertz CT molecular complexity index is 535. The van der Waals surface area contributed by atoms with Gasteiger partial charge < -0.3 is 15.8 Å². The van der Waals surface area contributed by atoms with E-state index in [-0.39, 0.29) is 11.8 Å². The van der Waals surface area contributed by atoms with Crippen LogP contribution in [0.5, 0.6) is 0 Å². The van der Waals surface area contributed by atoms with E-state index < -0.39 is 23.7 Å². The summed E-state index contributed by atoms with van der Waals surface area (Å²) in [5.74, 6) is -0.514. The highest BCUT2D eigenvalue weighted by Gasteiger charge is 2.28. The van der Waals surface area contributed by atoms with Crippen LogP contribution in [-0.2, 0) is 20.7 Å². The third-order valence-corrected chi connectivity index (χ3v) is 3.35. The molecule has 1 amide bonds. The van der Waals surface area contributed by atoms with Crippen molar-refractivity contribution in [3.63, 3.8) is 0 Å². The number of ether oxygens (including phenoxy) is 1. The first kappa shape index (κ1) is 20.2. The number of nitrogens with one attached hydrogen (secondary N) is 1. The summed E-state index contributed by atoms with van der Waals surface area (Å²) in [6.07, 6.45) is 0.939. The number of amides is 1. The van der Waals surface area contributed by atoms with E-state index in [1.165, 1.54) is 0 Å². The van der Waals surface area contributed by atoms with Gasteiger partial charge in [0.25, 0.3) is 0 Å². The molecule has 1 aromatic carbocycles. The van der Waals surface area contributed by atoms with Crippen LogP contribution in [0.1, 0.15) is 46.6 Å². The topological polar surface area (TPSA) is 81.4 Å². The van der Waals surface area contributed by atoms with Crippen molar-refractivity contribution in [2.24, 2.45) is 11.7 Å². The predicted molar refractivity (Wildman–Crippen MR) is 95.4 cm³/mol. The van der Waals surface area contributed by atoms with Crippen LogP contribution in [0.25, 0.3) is 0 Å². The third kappa shape index (κ3) is 7.59. The lowest BCUT2D eigenvalue weighted by Gasteiger charge is -2.26. The molecule has 0 fully saturated rings. The van der Waals surface area contributed by atoms with Gasteiger partial charge in [0.05, 0.1) is 6.04 Å². The minimum absolute atomic E-state index is 0.244. The van der Waals surface area contributed by atoms with Crippen molar-refractivity contribution in [3.05, 3.63) is 35.9 Å². The molecule has 0 heterocycles. The van der Waals surface area contributed by atoms with Crippen LogP contribution >= 0.6 is 0 Å². The highest BCUT2D eigenvalue weighted by molar-refractivity contribution is 5.87. The van der Waals surface area contributed by atoms with Crippen molar-refractivity contribution in [1.29, 1.82) is 0 Å². The van der Waals surface area contributed by atoms with Gasteiger partial charge in [0.1, 0.15) is 11.6 Å². The summed E-state index contributed by atoms with van der Waals surface area (Å²) in [5.41, 5.74) is 6.38. The van der Waals surface area contributed by atoms with Gasteiger partial charge in [0, 0.05) is 0 Å². The molecular weight excluding hydrogens is 304 g/mol. The molecule has 24 heavy (non-hydrogen) atoms. The number of hydrogen-bond acceptors (Lipinski definition) is 4. The van der Waals surface area contributed by atoms with E-state index in [1.54, 1.807) is 20.8 Å². The SMILES string of the molecule is CC(C)C[C@H](NC(=O)[C@H](N)Cc1ccccc1)C(=O)OC(C)(C)C. The summed E-state index contributed by atoms with van der Waals surface area (Å²) in [6.45, 7) is 9.40. The molecule has 1 aromatic rings. The second-order valence-electron chi connectivity index (χ2n) is 7.52. The Morgan fingerprint density at radius 2 is 1.75 bits per heavy atom. The van der Waals surface area contributed by atoms with E-state index in [0.717, 1.165) is 5.56 Å². The van der Waals surface area contributed by atoms with Gasteiger partial charge in [-0.2, -0.15) is 0 Å². The van der Waals surface area contributed by atoms with Crippen LogP contribution in [0.15, 0.2) is 30.3 Å². The Kier molecular flexibility index (Phi) is 7.42. The smallest absolute Gasteiger partial charge is 0.329 e. The van der Waals surface area contributed by atoms with Crippen molar-refractivity contribution in [2.75, 3.05) is 0 Å². The number of hydrogen-bond donors (Lipinski definition) is 2. The summed E-state index contributed by atoms with van der Waals surface area (Å²) < 4.78 is 5.41. The zero-order valence-corrected chi connectivity index (χ0v) is 15.3. The molecule has 0 saturated heterocycles. The van der Waals surface area contributed by atoms with Gasteiger partial charge in [-0.05, 0) is 45.1 Å². The Balaban J connectivity index is 2.70. The van der Waals surface area contributed by atoms with Crippen LogP contribution in [-0.4, -0.2) is 29.6 Å². The minimum atomic E-state index is -0.704. The summed E-state index contributed by atoms with van der Waals surface area (Å²) in [4.78, 5) is 24.7. The molecule has 3 N–H and O–H groups in total. The maximum atomic E-state index is 12.4. The summed E-state index contributed by atoms with van der Waals surface area (Å²) in [6, 6.07) is 8.18. The van der Waals surface area contributed by atoms with E-state index in [2.05, 4.69) is 5.32 Å². The van der Waals surface area contributed by atoms with Crippen LogP contribution < -0.4 is 11.1 Å². The van der Waals surface area contributed by atoms with E-state index in [1.807, 2.05) is 44.2 Å². The van der Waals surface area contributed by atoms with Gasteiger partial charge in [-0.25, -0.2) is 4.79 Å². The fourth-order valence-corrected chi connectivity index (χ4v) is 2.30. The number of carbonyl (C=O) groups is 2. The Morgan fingerprint density at radius 1 is 1.17 bits per heavy atom. The van der Waals surface area contributed by atoms with Crippen molar-refractivity contribution in [1.82, 2.24) is 5.32 Å². The van der Waals surface area contributed by atoms with Gasteiger partial charge in [-0.1, -0.05) is 44.2 Å². The van der Waals surface area contributed by atoms with E-state index in [9.17, 15) is 9.59 Å². The number of benzene rings is 1. The van der Waals surface area contributed by atoms with Gasteiger partial charge in [0.15, 0.2) is 0 Å². The zero-order chi connectivity index (χ0) is 18.3. The fourth-order valence-electron chi connectivity index (χ4n) is 2.30. The number of nitrogens with two attached hydrogens (primary N) is 1. The molecule has 2 atom stereocenters.